The normalized spacial score (nSPS) is 14.3. The summed E-state index contributed by atoms with van der Waals surface area (Å²) in [6.45, 7) is 4.79. The summed E-state index contributed by atoms with van der Waals surface area (Å²) in [5.74, 6) is -2.24. The lowest BCUT2D eigenvalue weighted by atomic mass is 10.0. The zero-order chi connectivity index (χ0) is 74.6. The third kappa shape index (κ3) is 74.5. The molecule has 2 unspecified atom stereocenters. The Labute approximate surface area is 621 Å². The highest BCUT2D eigenvalue weighted by molar-refractivity contribution is 7.47. The van der Waals surface area contributed by atoms with E-state index in [9.17, 15) is 43.2 Å². The van der Waals surface area contributed by atoms with Crippen molar-refractivity contribution in [2.24, 2.45) is 0 Å². The van der Waals surface area contributed by atoms with Crippen LogP contribution in [0.4, 0.5) is 0 Å². The summed E-state index contributed by atoms with van der Waals surface area (Å²) in [6, 6.07) is 0. The fraction of sp³-hybridized carbons (Fsp3) is 0.783. The maximum absolute atomic E-state index is 13.1. The Morgan fingerprint density at radius 3 is 0.804 bits per heavy atom. The molecule has 19 heteroatoms. The van der Waals surface area contributed by atoms with Gasteiger partial charge in [0.15, 0.2) is 12.2 Å². The van der Waals surface area contributed by atoms with Gasteiger partial charge >= 0.3 is 39.5 Å². The molecular weight excluding hydrogens is 1330 g/mol. The molecule has 0 bridgehead atoms. The maximum atomic E-state index is 13.1. The number of phosphoric ester groups is 2. The van der Waals surface area contributed by atoms with Crippen LogP contribution in [0.2, 0.25) is 0 Å². The first kappa shape index (κ1) is 98.2. The minimum Gasteiger partial charge on any atom is -0.462 e. The maximum Gasteiger partial charge on any atom is 0.472 e. The predicted octanol–water partition coefficient (Wildman–Crippen LogP) is 23.8. The third-order valence-electron chi connectivity index (χ3n) is 17.3. The molecule has 5 atom stereocenters. The van der Waals surface area contributed by atoms with Crippen molar-refractivity contribution in [3.8, 4) is 0 Å². The molecule has 0 radical (unpaired) electrons. The van der Waals surface area contributed by atoms with E-state index in [1.807, 2.05) is 12.2 Å². The Hall–Kier alpha value is -3.76. The second kappa shape index (κ2) is 75.5. The van der Waals surface area contributed by atoms with Crippen LogP contribution in [0, 0.1) is 0 Å². The largest absolute Gasteiger partial charge is 0.472 e. The third-order valence-corrected chi connectivity index (χ3v) is 19.2. The van der Waals surface area contributed by atoms with Crippen molar-refractivity contribution in [3.63, 3.8) is 0 Å². The molecule has 0 aliphatic carbocycles. The molecule has 0 saturated carbocycles. The van der Waals surface area contributed by atoms with E-state index >= 15 is 0 Å². The average Bonchev–Trinajstić information content (AvgIpc) is 0.917. The van der Waals surface area contributed by atoms with Crippen molar-refractivity contribution >= 4 is 39.5 Å². The van der Waals surface area contributed by atoms with Gasteiger partial charge in [0, 0.05) is 25.7 Å². The van der Waals surface area contributed by atoms with Crippen LogP contribution in [0.5, 0.6) is 0 Å². The fourth-order valence-electron chi connectivity index (χ4n) is 11.1. The van der Waals surface area contributed by atoms with E-state index in [-0.39, 0.29) is 25.7 Å². The molecule has 0 saturated heterocycles. The van der Waals surface area contributed by atoms with Gasteiger partial charge in [-0.05, 0) is 122 Å². The number of phosphoric acid groups is 2. The molecule has 17 nitrogen and oxygen atoms in total. The molecule has 0 fully saturated rings. The van der Waals surface area contributed by atoms with E-state index in [4.69, 9.17) is 37.0 Å². The number of hydrogen-bond donors (Lipinski definition) is 3. The van der Waals surface area contributed by atoms with Crippen LogP contribution in [0.1, 0.15) is 362 Å². The number of rotatable bonds is 77. The van der Waals surface area contributed by atoms with Crippen molar-refractivity contribution in [2.45, 2.75) is 380 Å². The van der Waals surface area contributed by atoms with E-state index in [2.05, 4.69) is 101 Å². The van der Waals surface area contributed by atoms with E-state index in [0.717, 1.165) is 128 Å². The lowest BCUT2D eigenvalue weighted by Crippen LogP contribution is -2.30. The minimum absolute atomic E-state index is 0.0219. The van der Waals surface area contributed by atoms with Crippen LogP contribution in [0.15, 0.2) is 85.1 Å². The van der Waals surface area contributed by atoms with Crippen molar-refractivity contribution in [1.29, 1.82) is 0 Å². The molecule has 592 valence electrons. The number of ether oxygens (including phenoxy) is 4. The van der Waals surface area contributed by atoms with Crippen LogP contribution >= 0.6 is 15.6 Å². The van der Waals surface area contributed by atoms with E-state index in [0.29, 0.717) is 32.1 Å². The molecule has 0 aliphatic heterocycles. The standard InChI is InChI=1S/C83H148O17P2/c1-5-9-13-17-21-25-29-33-37-38-42-46-50-54-58-62-66-70-83(88)100-79(74-94-81(86)68-64-60-56-52-48-44-40-35-31-27-23-19-15-11-7-3)76-98-102(91,92)96-72-77(84)71-95-101(89,90)97-75-78(99-82(87)69-65-61-57-53-49-45-41-36-32-28-24-20-16-12-8-4)73-93-80(85)67-63-59-55-51-47-43-39-34-30-26-22-18-14-10-6-2/h21-22,25-26,33-34,36-37,39,41-42,46,54,58,77-79,84H,5-20,23-24,27-32,35,38,40,43-45,47-53,55-57,59-76H2,1-4H3,(H,89,90)(H,91,92)/b25-21-,26-22-,37-33-,39-34-,41-36-,46-42-,58-54-/t77-,78-,79-/m1/s1. The van der Waals surface area contributed by atoms with E-state index < -0.39 is 97.5 Å². The minimum atomic E-state index is -4.99. The molecule has 0 amide bonds. The molecule has 0 aliphatic rings. The number of carbonyl (C=O) groups excluding carboxylic acids is 4. The van der Waals surface area contributed by atoms with Crippen molar-refractivity contribution in [1.82, 2.24) is 0 Å². The Bertz CT molecular complexity index is 2260. The Morgan fingerprint density at radius 1 is 0.275 bits per heavy atom. The van der Waals surface area contributed by atoms with Gasteiger partial charge in [-0.25, -0.2) is 9.13 Å². The highest BCUT2D eigenvalue weighted by Gasteiger charge is 2.30. The van der Waals surface area contributed by atoms with Crippen LogP contribution < -0.4 is 0 Å². The van der Waals surface area contributed by atoms with Gasteiger partial charge in [-0.2, -0.15) is 0 Å². The molecule has 0 aromatic rings. The average molecular weight is 1480 g/mol. The first-order chi connectivity index (χ1) is 49.7. The van der Waals surface area contributed by atoms with Gasteiger partial charge in [0.05, 0.1) is 26.4 Å². The quantitative estimate of drug-likeness (QED) is 0.0169. The number of aliphatic hydroxyl groups is 1. The zero-order valence-electron chi connectivity index (χ0n) is 64.8. The van der Waals surface area contributed by atoms with Gasteiger partial charge < -0.3 is 33.8 Å². The summed E-state index contributed by atoms with van der Waals surface area (Å²) in [6.07, 6.45) is 78.5. The number of allylic oxidation sites excluding steroid dienone is 14. The predicted molar refractivity (Wildman–Crippen MR) is 418 cm³/mol. The van der Waals surface area contributed by atoms with Crippen LogP contribution in [0.25, 0.3) is 0 Å². The molecule has 0 aromatic heterocycles. The molecule has 0 rings (SSSR count). The number of hydrogen-bond acceptors (Lipinski definition) is 15. The Kier molecular flexibility index (Phi) is 72.7. The molecule has 102 heavy (non-hydrogen) atoms. The second-order valence-electron chi connectivity index (χ2n) is 27.4. The molecule has 0 heterocycles. The van der Waals surface area contributed by atoms with Crippen molar-refractivity contribution in [3.05, 3.63) is 85.1 Å². The summed E-state index contributed by atoms with van der Waals surface area (Å²) in [5.41, 5.74) is 0. The Morgan fingerprint density at radius 2 is 0.490 bits per heavy atom. The molecule has 3 N–H and O–H groups in total. The first-order valence-corrected chi connectivity index (χ1v) is 43.8. The fourth-order valence-corrected chi connectivity index (χ4v) is 12.6. The Balaban J connectivity index is 5.41. The smallest absolute Gasteiger partial charge is 0.462 e. The summed E-state index contributed by atoms with van der Waals surface area (Å²) in [7, 11) is -9.97. The monoisotopic (exact) mass is 1480 g/mol. The number of esters is 4. The number of carbonyl (C=O) groups is 4. The van der Waals surface area contributed by atoms with Gasteiger partial charge in [0.1, 0.15) is 19.3 Å². The summed E-state index contributed by atoms with van der Waals surface area (Å²) >= 11 is 0. The highest BCUT2D eigenvalue weighted by atomic mass is 31.2. The SMILES string of the molecule is CCCCC/C=C\C/C=C\C/C=C\C/C=C\CCCC(=O)O[C@H](COC(=O)CCCCCCCCCCCCCCCCC)COP(=O)(O)OC[C@H](O)COP(=O)(O)OC[C@@H](COC(=O)CCCCCCC/C=C\C/C=C\CCCCC)OC(=O)CCCCCCC/C=C\CCCCCCCC. The molecule has 0 aromatic carbocycles. The van der Waals surface area contributed by atoms with Crippen LogP contribution in [-0.2, 0) is 65.4 Å². The number of unbranched alkanes of at least 4 members (excludes halogenated alkanes) is 37. The van der Waals surface area contributed by atoms with Crippen molar-refractivity contribution in [2.75, 3.05) is 39.6 Å². The summed E-state index contributed by atoms with van der Waals surface area (Å²) in [5, 5.41) is 10.6. The highest BCUT2D eigenvalue weighted by Crippen LogP contribution is 2.45. The second-order valence-corrected chi connectivity index (χ2v) is 30.3. The van der Waals surface area contributed by atoms with Crippen LogP contribution in [-0.4, -0.2) is 96.7 Å². The van der Waals surface area contributed by atoms with E-state index in [1.165, 1.54) is 148 Å². The van der Waals surface area contributed by atoms with Gasteiger partial charge in [0.2, 0.25) is 0 Å². The van der Waals surface area contributed by atoms with Crippen molar-refractivity contribution < 1.29 is 80.2 Å². The van der Waals surface area contributed by atoms with Gasteiger partial charge in [-0.15, -0.1) is 0 Å². The van der Waals surface area contributed by atoms with Gasteiger partial charge in [0.25, 0.3) is 0 Å². The van der Waals surface area contributed by atoms with Gasteiger partial charge in [-0.3, -0.25) is 37.3 Å². The van der Waals surface area contributed by atoms with Gasteiger partial charge in [-0.1, -0.05) is 299 Å². The topological polar surface area (TPSA) is 237 Å². The zero-order valence-corrected chi connectivity index (χ0v) is 66.6. The lowest BCUT2D eigenvalue weighted by Gasteiger charge is -2.21. The summed E-state index contributed by atoms with van der Waals surface area (Å²) < 4.78 is 68.6. The number of aliphatic hydroxyl groups excluding tert-OH is 1. The van der Waals surface area contributed by atoms with Crippen LogP contribution in [0.3, 0.4) is 0 Å². The summed E-state index contributed by atoms with van der Waals surface area (Å²) in [4.78, 5) is 73.0. The molecule has 0 spiro atoms. The van der Waals surface area contributed by atoms with E-state index in [1.54, 1.807) is 0 Å². The first-order valence-electron chi connectivity index (χ1n) is 40.8. The lowest BCUT2D eigenvalue weighted by molar-refractivity contribution is -0.161. The molecular formula is C83H148O17P2.